The van der Waals surface area contributed by atoms with E-state index in [2.05, 4.69) is 5.32 Å². The van der Waals surface area contributed by atoms with E-state index in [1.165, 1.54) is 0 Å². The van der Waals surface area contributed by atoms with Crippen molar-refractivity contribution >= 4 is 5.91 Å². The number of hydrogen-bond acceptors (Lipinski definition) is 3. The van der Waals surface area contributed by atoms with Crippen LogP contribution in [0.3, 0.4) is 0 Å². The molecule has 0 rings (SSSR count). The molecule has 0 aromatic rings. The number of ether oxygens (including phenoxy) is 1. The second-order valence-electron chi connectivity index (χ2n) is 2.31. The number of carbonyl (C=O) groups is 1. The smallest absolute Gasteiger partial charge is 0.218 e. The van der Waals surface area contributed by atoms with E-state index in [1.54, 1.807) is 7.11 Å². The lowest BCUT2D eigenvalue weighted by molar-refractivity contribution is -0.117. The van der Waals surface area contributed by atoms with Crippen LogP contribution in [0.1, 0.15) is 12.8 Å². The van der Waals surface area contributed by atoms with Crippen LogP contribution in [-0.2, 0) is 9.53 Å². The number of rotatable bonds is 7. The fourth-order valence-electron chi connectivity index (χ4n) is 0.678. The van der Waals surface area contributed by atoms with Gasteiger partial charge in [-0.25, -0.2) is 0 Å². The van der Waals surface area contributed by atoms with Gasteiger partial charge in [-0.1, -0.05) is 0 Å². The molecule has 0 atom stereocenters. The monoisotopic (exact) mass is 160 g/mol. The number of hydrogen-bond donors (Lipinski definition) is 2. The molecule has 66 valence electrons. The second-order valence-corrected chi connectivity index (χ2v) is 2.31. The first-order valence-electron chi connectivity index (χ1n) is 3.75. The van der Waals surface area contributed by atoms with Crippen molar-refractivity contribution in [3.8, 4) is 0 Å². The molecular formula is C7H16N2O2. The average molecular weight is 160 g/mol. The van der Waals surface area contributed by atoms with Crippen molar-refractivity contribution in [1.82, 2.24) is 5.32 Å². The van der Waals surface area contributed by atoms with Crippen LogP contribution < -0.4 is 11.1 Å². The average Bonchev–Trinajstić information content (AvgIpc) is 1.96. The van der Waals surface area contributed by atoms with Crippen LogP contribution in [0.4, 0.5) is 0 Å². The molecule has 0 spiro atoms. The minimum Gasteiger partial charge on any atom is -0.385 e. The van der Waals surface area contributed by atoms with Crippen molar-refractivity contribution in [3.63, 3.8) is 0 Å². The van der Waals surface area contributed by atoms with Crippen LogP contribution in [0.2, 0.25) is 0 Å². The third-order valence-electron chi connectivity index (χ3n) is 1.25. The van der Waals surface area contributed by atoms with Crippen molar-refractivity contribution in [1.29, 1.82) is 0 Å². The standard InChI is InChI=1S/C7H16N2O2/c1-11-6-2-4-9-5-3-7(8)10/h9H,2-6H2,1H3,(H2,8,10). The largest absolute Gasteiger partial charge is 0.385 e. The summed E-state index contributed by atoms with van der Waals surface area (Å²) >= 11 is 0. The molecule has 4 heteroatoms. The zero-order chi connectivity index (χ0) is 8.53. The summed E-state index contributed by atoms with van der Waals surface area (Å²) in [4.78, 5) is 10.2. The van der Waals surface area contributed by atoms with E-state index in [-0.39, 0.29) is 5.91 Å². The third-order valence-corrected chi connectivity index (χ3v) is 1.25. The van der Waals surface area contributed by atoms with Crippen molar-refractivity contribution in [2.24, 2.45) is 5.73 Å². The van der Waals surface area contributed by atoms with Gasteiger partial charge in [-0.3, -0.25) is 4.79 Å². The number of amides is 1. The number of primary amides is 1. The van der Waals surface area contributed by atoms with Gasteiger partial charge in [0.2, 0.25) is 5.91 Å². The Labute approximate surface area is 67.1 Å². The summed E-state index contributed by atoms with van der Waals surface area (Å²) in [6, 6.07) is 0. The number of nitrogens with two attached hydrogens (primary N) is 1. The Morgan fingerprint density at radius 1 is 1.55 bits per heavy atom. The molecule has 0 aromatic carbocycles. The SMILES string of the molecule is COCCCNCCC(N)=O. The van der Waals surface area contributed by atoms with Gasteiger partial charge in [0.05, 0.1) is 0 Å². The van der Waals surface area contributed by atoms with E-state index in [0.29, 0.717) is 13.0 Å². The molecule has 0 unspecified atom stereocenters. The quantitative estimate of drug-likeness (QED) is 0.493. The van der Waals surface area contributed by atoms with Gasteiger partial charge in [0.1, 0.15) is 0 Å². The molecule has 0 aliphatic rings. The van der Waals surface area contributed by atoms with Gasteiger partial charge in [0, 0.05) is 26.7 Å². The minimum atomic E-state index is -0.260. The molecule has 0 aromatic heterocycles. The zero-order valence-corrected chi connectivity index (χ0v) is 6.93. The minimum absolute atomic E-state index is 0.260. The maximum atomic E-state index is 10.2. The highest BCUT2D eigenvalue weighted by molar-refractivity contribution is 5.73. The summed E-state index contributed by atoms with van der Waals surface area (Å²) in [5.41, 5.74) is 4.93. The van der Waals surface area contributed by atoms with Gasteiger partial charge in [0.15, 0.2) is 0 Å². The van der Waals surface area contributed by atoms with Gasteiger partial charge in [-0.2, -0.15) is 0 Å². The molecule has 0 saturated carbocycles. The zero-order valence-electron chi connectivity index (χ0n) is 6.93. The highest BCUT2D eigenvalue weighted by Crippen LogP contribution is 1.78. The molecule has 0 aliphatic carbocycles. The van der Waals surface area contributed by atoms with Crippen molar-refractivity contribution in [3.05, 3.63) is 0 Å². The first-order chi connectivity index (χ1) is 5.27. The maximum absolute atomic E-state index is 10.2. The van der Waals surface area contributed by atoms with E-state index >= 15 is 0 Å². The lowest BCUT2D eigenvalue weighted by Gasteiger charge is -2.01. The number of carbonyl (C=O) groups excluding carboxylic acids is 1. The Bertz CT molecular complexity index is 107. The van der Waals surface area contributed by atoms with E-state index in [0.717, 1.165) is 19.6 Å². The van der Waals surface area contributed by atoms with Crippen LogP contribution in [-0.4, -0.2) is 32.7 Å². The maximum Gasteiger partial charge on any atom is 0.218 e. The fraction of sp³-hybridized carbons (Fsp3) is 0.857. The van der Waals surface area contributed by atoms with Crippen LogP contribution in [0.25, 0.3) is 0 Å². The summed E-state index contributed by atoms with van der Waals surface area (Å²) in [6.07, 6.45) is 1.38. The first kappa shape index (κ1) is 10.4. The van der Waals surface area contributed by atoms with Gasteiger partial charge in [-0.05, 0) is 13.0 Å². The van der Waals surface area contributed by atoms with Crippen LogP contribution in [0.5, 0.6) is 0 Å². The Balaban J connectivity index is 2.85. The molecule has 0 aliphatic heterocycles. The molecule has 4 nitrogen and oxygen atoms in total. The molecule has 0 bridgehead atoms. The van der Waals surface area contributed by atoms with Gasteiger partial charge < -0.3 is 15.8 Å². The number of methoxy groups -OCH3 is 1. The highest BCUT2D eigenvalue weighted by atomic mass is 16.5. The van der Waals surface area contributed by atoms with Crippen LogP contribution >= 0.6 is 0 Å². The second kappa shape index (κ2) is 7.50. The molecule has 0 heterocycles. The fourth-order valence-corrected chi connectivity index (χ4v) is 0.678. The normalized spacial score (nSPS) is 9.91. The molecule has 0 saturated heterocycles. The molecule has 0 radical (unpaired) electrons. The van der Waals surface area contributed by atoms with E-state index in [9.17, 15) is 4.79 Å². The molecule has 1 amide bonds. The molecule has 3 N–H and O–H groups in total. The van der Waals surface area contributed by atoms with Gasteiger partial charge >= 0.3 is 0 Å². The Hall–Kier alpha value is -0.610. The summed E-state index contributed by atoms with van der Waals surface area (Å²) in [6.45, 7) is 2.30. The van der Waals surface area contributed by atoms with Crippen molar-refractivity contribution < 1.29 is 9.53 Å². The summed E-state index contributed by atoms with van der Waals surface area (Å²) in [7, 11) is 1.67. The predicted molar refractivity (Wildman–Crippen MR) is 43.2 cm³/mol. The predicted octanol–water partition coefficient (Wildman–Crippen LogP) is -0.512. The Kier molecular flexibility index (Phi) is 7.08. The lowest BCUT2D eigenvalue weighted by Crippen LogP contribution is -2.23. The van der Waals surface area contributed by atoms with E-state index < -0.39 is 0 Å². The Morgan fingerprint density at radius 2 is 2.27 bits per heavy atom. The van der Waals surface area contributed by atoms with E-state index in [4.69, 9.17) is 10.5 Å². The lowest BCUT2D eigenvalue weighted by atomic mass is 10.4. The number of nitrogens with one attached hydrogen (secondary N) is 1. The van der Waals surface area contributed by atoms with Gasteiger partial charge in [-0.15, -0.1) is 0 Å². The third kappa shape index (κ3) is 9.39. The van der Waals surface area contributed by atoms with Crippen molar-refractivity contribution in [2.45, 2.75) is 12.8 Å². The van der Waals surface area contributed by atoms with E-state index in [1.807, 2.05) is 0 Å². The topological polar surface area (TPSA) is 64.3 Å². The highest BCUT2D eigenvalue weighted by Gasteiger charge is 1.92. The van der Waals surface area contributed by atoms with Crippen LogP contribution in [0, 0.1) is 0 Å². The molecular weight excluding hydrogens is 144 g/mol. The van der Waals surface area contributed by atoms with Gasteiger partial charge in [0.25, 0.3) is 0 Å². The summed E-state index contributed by atoms with van der Waals surface area (Å²) in [5.74, 6) is -0.260. The van der Waals surface area contributed by atoms with Crippen LogP contribution in [0.15, 0.2) is 0 Å². The summed E-state index contributed by atoms with van der Waals surface area (Å²) in [5, 5.41) is 3.07. The first-order valence-corrected chi connectivity index (χ1v) is 3.75. The summed E-state index contributed by atoms with van der Waals surface area (Å²) < 4.78 is 4.84. The van der Waals surface area contributed by atoms with Crippen molar-refractivity contribution in [2.75, 3.05) is 26.8 Å². The molecule has 11 heavy (non-hydrogen) atoms. The molecule has 0 fully saturated rings. The Morgan fingerprint density at radius 3 is 2.82 bits per heavy atom.